The minimum absolute atomic E-state index is 0.0429. The third-order valence-corrected chi connectivity index (χ3v) is 3.71. The lowest BCUT2D eigenvalue weighted by atomic mass is 10.1. The maximum absolute atomic E-state index is 13.3. The first-order valence-corrected chi connectivity index (χ1v) is 7.70. The van der Waals surface area contributed by atoms with Crippen LogP contribution in [-0.4, -0.2) is 20.8 Å². The molecule has 3 rings (SSSR count). The summed E-state index contributed by atoms with van der Waals surface area (Å²) < 4.78 is 14.4. The van der Waals surface area contributed by atoms with Crippen molar-refractivity contribution in [2.24, 2.45) is 0 Å². The Morgan fingerprint density at radius 3 is 2.77 bits per heavy atom. The first-order valence-electron chi connectivity index (χ1n) is 7.70. The number of aryl methyl sites for hydroxylation is 1. The first-order chi connectivity index (χ1) is 12.5. The van der Waals surface area contributed by atoms with Crippen molar-refractivity contribution in [3.8, 4) is 17.5 Å². The van der Waals surface area contributed by atoms with Crippen LogP contribution in [0.15, 0.2) is 48.5 Å². The molecule has 130 valence electrons. The Morgan fingerprint density at radius 2 is 2.08 bits per heavy atom. The summed E-state index contributed by atoms with van der Waals surface area (Å²) in [6, 6.07) is 14.5. The average molecular weight is 351 g/mol. The standard InChI is InChI=1S/C19H14FN3O3/c1-12-17(19(24)25)23(26-11-14-5-3-7-16(20)9-14)18(22-12)15-6-2-4-13(8-15)10-21/h2-9H,11H2,1H3,(H,24,25). The van der Waals surface area contributed by atoms with Gasteiger partial charge < -0.3 is 9.94 Å². The predicted molar refractivity (Wildman–Crippen MR) is 90.8 cm³/mol. The highest BCUT2D eigenvalue weighted by atomic mass is 19.1. The molecule has 0 amide bonds. The Balaban J connectivity index is 2.04. The number of carbonyl (C=O) groups is 1. The van der Waals surface area contributed by atoms with Crippen LogP contribution in [0.25, 0.3) is 11.4 Å². The molecule has 3 aromatic rings. The van der Waals surface area contributed by atoms with Crippen LogP contribution < -0.4 is 4.84 Å². The van der Waals surface area contributed by atoms with Crippen molar-refractivity contribution >= 4 is 5.97 Å². The van der Waals surface area contributed by atoms with E-state index in [9.17, 15) is 14.3 Å². The number of imidazole rings is 1. The molecule has 0 aliphatic carbocycles. The van der Waals surface area contributed by atoms with Gasteiger partial charge in [0.05, 0.1) is 17.3 Å². The number of hydrogen-bond acceptors (Lipinski definition) is 4. The molecular weight excluding hydrogens is 337 g/mol. The number of aromatic carboxylic acids is 1. The van der Waals surface area contributed by atoms with Crippen molar-refractivity contribution < 1.29 is 19.1 Å². The number of rotatable bonds is 5. The van der Waals surface area contributed by atoms with Gasteiger partial charge in [0, 0.05) is 5.56 Å². The molecule has 0 unspecified atom stereocenters. The van der Waals surface area contributed by atoms with E-state index in [0.29, 0.717) is 16.7 Å². The van der Waals surface area contributed by atoms with E-state index in [1.165, 1.54) is 12.1 Å². The number of benzene rings is 2. The molecular formula is C19H14FN3O3. The van der Waals surface area contributed by atoms with E-state index >= 15 is 0 Å². The number of carboxylic acids is 1. The number of halogens is 1. The van der Waals surface area contributed by atoms with Gasteiger partial charge in [-0.05, 0) is 36.8 Å². The molecule has 0 aliphatic rings. The maximum atomic E-state index is 13.3. The van der Waals surface area contributed by atoms with Crippen LogP contribution in [-0.2, 0) is 6.61 Å². The van der Waals surface area contributed by atoms with Crippen LogP contribution in [0.1, 0.15) is 27.3 Å². The summed E-state index contributed by atoms with van der Waals surface area (Å²) in [6.45, 7) is 1.52. The third kappa shape index (κ3) is 3.39. The zero-order chi connectivity index (χ0) is 18.7. The lowest BCUT2D eigenvalue weighted by Gasteiger charge is -2.12. The molecule has 2 aromatic carbocycles. The molecule has 0 radical (unpaired) electrons. The Bertz CT molecular complexity index is 1020. The highest BCUT2D eigenvalue weighted by Gasteiger charge is 2.23. The second-order valence-corrected chi connectivity index (χ2v) is 5.56. The molecule has 0 atom stereocenters. The normalized spacial score (nSPS) is 10.3. The number of nitriles is 1. The van der Waals surface area contributed by atoms with Gasteiger partial charge in [-0.2, -0.15) is 9.99 Å². The summed E-state index contributed by atoms with van der Waals surface area (Å²) in [5.74, 6) is -1.35. The Kier molecular flexibility index (Phi) is 4.67. The zero-order valence-corrected chi connectivity index (χ0v) is 13.8. The SMILES string of the molecule is Cc1nc(-c2cccc(C#N)c2)n(OCc2cccc(F)c2)c1C(=O)O. The molecule has 0 fully saturated rings. The van der Waals surface area contributed by atoms with Gasteiger partial charge in [-0.3, -0.25) is 0 Å². The maximum Gasteiger partial charge on any atom is 0.357 e. The zero-order valence-electron chi connectivity index (χ0n) is 13.8. The number of carboxylic acid groups (broad SMARTS) is 1. The minimum atomic E-state index is -1.20. The van der Waals surface area contributed by atoms with Gasteiger partial charge in [-0.25, -0.2) is 14.2 Å². The van der Waals surface area contributed by atoms with Crippen LogP contribution >= 0.6 is 0 Å². The van der Waals surface area contributed by atoms with E-state index < -0.39 is 11.8 Å². The highest BCUT2D eigenvalue weighted by molar-refractivity contribution is 5.88. The number of hydrogen-bond donors (Lipinski definition) is 1. The summed E-state index contributed by atoms with van der Waals surface area (Å²) in [5.41, 5.74) is 1.65. The highest BCUT2D eigenvalue weighted by Crippen LogP contribution is 2.23. The van der Waals surface area contributed by atoms with Crippen LogP contribution in [0.2, 0.25) is 0 Å². The van der Waals surface area contributed by atoms with E-state index in [1.807, 2.05) is 6.07 Å². The lowest BCUT2D eigenvalue weighted by molar-refractivity contribution is 0.0574. The topological polar surface area (TPSA) is 88.1 Å². The van der Waals surface area contributed by atoms with Crippen molar-refractivity contribution in [3.05, 3.63) is 76.9 Å². The number of aromatic nitrogens is 2. The second kappa shape index (κ2) is 7.07. The monoisotopic (exact) mass is 351 g/mol. The molecule has 6 nitrogen and oxygen atoms in total. The van der Waals surface area contributed by atoms with E-state index in [1.54, 1.807) is 43.3 Å². The van der Waals surface area contributed by atoms with Gasteiger partial charge >= 0.3 is 5.97 Å². The molecule has 0 spiro atoms. The molecule has 7 heteroatoms. The number of nitrogens with zero attached hydrogens (tertiary/aromatic N) is 3. The quantitative estimate of drug-likeness (QED) is 0.763. The van der Waals surface area contributed by atoms with Crippen molar-refractivity contribution in [1.82, 2.24) is 9.71 Å². The molecule has 0 aliphatic heterocycles. The summed E-state index contributed by atoms with van der Waals surface area (Å²) in [4.78, 5) is 21.5. The van der Waals surface area contributed by atoms with Gasteiger partial charge in [0.1, 0.15) is 12.4 Å². The first kappa shape index (κ1) is 17.2. The van der Waals surface area contributed by atoms with E-state index in [-0.39, 0.29) is 23.8 Å². The average Bonchev–Trinajstić information content (AvgIpc) is 2.96. The van der Waals surface area contributed by atoms with Crippen molar-refractivity contribution in [2.75, 3.05) is 0 Å². The van der Waals surface area contributed by atoms with Crippen molar-refractivity contribution in [1.29, 1.82) is 5.26 Å². The molecule has 1 N–H and O–H groups in total. The molecule has 0 saturated carbocycles. The fraction of sp³-hybridized carbons (Fsp3) is 0.105. The Labute approximate surface area is 148 Å². The molecule has 0 bridgehead atoms. The lowest BCUT2D eigenvalue weighted by Crippen LogP contribution is -2.19. The fourth-order valence-electron chi connectivity index (χ4n) is 2.55. The van der Waals surface area contributed by atoms with Gasteiger partial charge in [-0.15, -0.1) is 0 Å². The van der Waals surface area contributed by atoms with Crippen LogP contribution in [0, 0.1) is 24.1 Å². The molecule has 0 saturated heterocycles. The smallest absolute Gasteiger partial charge is 0.357 e. The van der Waals surface area contributed by atoms with Gasteiger partial charge in [0.2, 0.25) is 0 Å². The van der Waals surface area contributed by atoms with Gasteiger partial charge in [-0.1, -0.05) is 24.3 Å². The Hall–Kier alpha value is -3.66. The molecule has 1 aromatic heterocycles. The van der Waals surface area contributed by atoms with E-state index in [4.69, 9.17) is 10.1 Å². The summed E-state index contributed by atoms with van der Waals surface area (Å²) >= 11 is 0. The third-order valence-electron chi connectivity index (χ3n) is 3.71. The Morgan fingerprint density at radius 1 is 1.31 bits per heavy atom. The second-order valence-electron chi connectivity index (χ2n) is 5.56. The predicted octanol–water partition coefficient (Wildman–Crippen LogP) is 3.20. The molecule has 26 heavy (non-hydrogen) atoms. The van der Waals surface area contributed by atoms with Crippen molar-refractivity contribution in [2.45, 2.75) is 13.5 Å². The summed E-state index contributed by atoms with van der Waals surface area (Å²) in [7, 11) is 0. The van der Waals surface area contributed by atoms with Crippen LogP contribution in [0.5, 0.6) is 0 Å². The van der Waals surface area contributed by atoms with Crippen LogP contribution in [0.4, 0.5) is 4.39 Å². The van der Waals surface area contributed by atoms with E-state index in [2.05, 4.69) is 4.98 Å². The van der Waals surface area contributed by atoms with Crippen LogP contribution in [0.3, 0.4) is 0 Å². The minimum Gasteiger partial charge on any atom is -0.476 e. The van der Waals surface area contributed by atoms with Crippen molar-refractivity contribution in [3.63, 3.8) is 0 Å². The van der Waals surface area contributed by atoms with Gasteiger partial charge in [0.15, 0.2) is 11.5 Å². The summed E-state index contributed by atoms with van der Waals surface area (Å²) in [5, 5.41) is 18.6. The summed E-state index contributed by atoms with van der Waals surface area (Å²) in [6.07, 6.45) is 0. The largest absolute Gasteiger partial charge is 0.476 e. The fourth-order valence-corrected chi connectivity index (χ4v) is 2.55. The van der Waals surface area contributed by atoms with E-state index in [0.717, 1.165) is 4.73 Å². The molecule has 1 heterocycles. The van der Waals surface area contributed by atoms with Gasteiger partial charge in [0.25, 0.3) is 0 Å².